The van der Waals surface area contributed by atoms with Crippen LogP contribution in [-0.4, -0.2) is 44.9 Å². The summed E-state index contributed by atoms with van der Waals surface area (Å²) in [6.45, 7) is 0. The van der Waals surface area contributed by atoms with Crippen molar-refractivity contribution in [3.8, 4) is 16.4 Å². The highest BCUT2D eigenvalue weighted by molar-refractivity contribution is 8.13. The SMILES string of the molecule is CN(C)C(=O)Sc1ccc(NC(=O)c2nc(-c3cccs3)n(-c3cccc(F)c3)n2)cc1. The van der Waals surface area contributed by atoms with Crippen molar-refractivity contribution in [2.24, 2.45) is 0 Å². The van der Waals surface area contributed by atoms with Crippen molar-refractivity contribution in [2.45, 2.75) is 4.90 Å². The molecular weight excluding hydrogens is 449 g/mol. The van der Waals surface area contributed by atoms with Gasteiger partial charge in [0, 0.05) is 24.7 Å². The smallest absolute Gasteiger partial charge is 0.295 e. The summed E-state index contributed by atoms with van der Waals surface area (Å²) in [5.41, 5.74) is 1.00. The summed E-state index contributed by atoms with van der Waals surface area (Å²) in [5, 5.41) is 8.89. The first-order chi connectivity index (χ1) is 15.4. The van der Waals surface area contributed by atoms with Gasteiger partial charge in [0.2, 0.25) is 5.82 Å². The van der Waals surface area contributed by atoms with Gasteiger partial charge in [-0.15, -0.1) is 16.4 Å². The molecule has 2 aromatic carbocycles. The van der Waals surface area contributed by atoms with Crippen LogP contribution in [0.25, 0.3) is 16.4 Å². The van der Waals surface area contributed by atoms with Gasteiger partial charge in [-0.25, -0.2) is 14.1 Å². The molecule has 0 saturated heterocycles. The summed E-state index contributed by atoms with van der Waals surface area (Å²) in [5.74, 6) is -0.502. The average molecular weight is 468 g/mol. The molecule has 0 spiro atoms. The number of thioether (sulfide) groups is 1. The molecule has 4 rings (SSSR count). The van der Waals surface area contributed by atoms with Gasteiger partial charge in [-0.2, -0.15) is 0 Å². The minimum Gasteiger partial charge on any atom is -0.339 e. The second kappa shape index (κ2) is 9.33. The molecule has 7 nitrogen and oxygen atoms in total. The number of hydrogen-bond acceptors (Lipinski definition) is 6. The van der Waals surface area contributed by atoms with Crippen molar-refractivity contribution in [3.05, 3.63) is 77.7 Å². The maximum Gasteiger partial charge on any atom is 0.295 e. The van der Waals surface area contributed by atoms with E-state index in [0.717, 1.165) is 21.5 Å². The molecule has 0 fully saturated rings. The van der Waals surface area contributed by atoms with E-state index in [1.807, 2.05) is 17.5 Å². The number of halogens is 1. The maximum absolute atomic E-state index is 13.8. The Labute approximate surface area is 191 Å². The molecule has 0 unspecified atom stereocenters. The van der Waals surface area contributed by atoms with Crippen molar-refractivity contribution in [2.75, 3.05) is 19.4 Å². The van der Waals surface area contributed by atoms with E-state index < -0.39 is 11.7 Å². The van der Waals surface area contributed by atoms with E-state index in [2.05, 4.69) is 15.4 Å². The molecular formula is C22H18FN5O2S2. The van der Waals surface area contributed by atoms with Crippen LogP contribution < -0.4 is 5.32 Å². The molecule has 0 atom stereocenters. The summed E-state index contributed by atoms with van der Waals surface area (Å²) in [6, 6.07) is 16.6. The lowest BCUT2D eigenvalue weighted by Gasteiger charge is -2.09. The second-order valence-electron chi connectivity index (χ2n) is 6.87. The predicted octanol–water partition coefficient (Wildman–Crippen LogP) is 5.16. The highest BCUT2D eigenvalue weighted by atomic mass is 32.2. The molecule has 0 aliphatic rings. The van der Waals surface area contributed by atoms with Gasteiger partial charge >= 0.3 is 0 Å². The van der Waals surface area contributed by atoms with Gasteiger partial charge in [0.15, 0.2) is 5.82 Å². The molecule has 2 aromatic heterocycles. The topological polar surface area (TPSA) is 80.1 Å². The van der Waals surface area contributed by atoms with Gasteiger partial charge in [0.1, 0.15) is 5.82 Å². The van der Waals surface area contributed by atoms with Crippen LogP contribution in [0.5, 0.6) is 0 Å². The largest absolute Gasteiger partial charge is 0.339 e. The molecule has 0 aliphatic carbocycles. The quantitative estimate of drug-likeness (QED) is 0.410. The Bertz CT molecular complexity index is 1250. The second-order valence-corrected chi connectivity index (χ2v) is 8.84. The van der Waals surface area contributed by atoms with E-state index in [1.54, 1.807) is 50.5 Å². The third kappa shape index (κ3) is 4.87. The number of carbonyl (C=O) groups excluding carboxylic acids is 2. The van der Waals surface area contributed by atoms with Crippen LogP contribution in [0, 0.1) is 5.82 Å². The Morgan fingerprint density at radius 1 is 1.09 bits per heavy atom. The van der Waals surface area contributed by atoms with Gasteiger partial charge in [0.05, 0.1) is 10.6 Å². The van der Waals surface area contributed by atoms with E-state index in [0.29, 0.717) is 17.2 Å². The minimum atomic E-state index is -0.497. The molecule has 0 aliphatic heterocycles. The number of anilines is 1. The molecule has 4 aromatic rings. The fourth-order valence-corrected chi connectivity index (χ4v) is 4.10. The number of benzene rings is 2. The monoisotopic (exact) mass is 467 g/mol. The standard InChI is InChI=1S/C22H18FN5O2S2/c1-27(2)22(30)32-17-10-8-15(9-11-17)24-21(29)19-25-20(18-7-4-12-31-18)28(26-19)16-6-3-5-14(23)13-16/h3-13H,1-2H3,(H,24,29). The van der Waals surface area contributed by atoms with Gasteiger partial charge in [-0.1, -0.05) is 12.1 Å². The molecule has 2 heterocycles. The number of nitrogens with zero attached hydrogens (tertiary/aromatic N) is 4. The van der Waals surface area contributed by atoms with Gasteiger partial charge in [-0.3, -0.25) is 9.59 Å². The summed E-state index contributed by atoms with van der Waals surface area (Å²) < 4.78 is 15.2. The summed E-state index contributed by atoms with van der Waals surface area (Å²) in [6.07, 6.45) is 0. The lowest BCUT2D eigenvalue weighted by atomic mass is 10.3. The summed E-state index contributed by atoms with van der Waals surface area (Å²) >= 11 is 2.54. The number of amides is 2. The number of carbonyl (C=O) groups is 2. The van der Waals surface area contributed by atoms with Gasteiger partial charge in [-0.05, 0) is 65.7 Å². The molecule has 0 radical (unpaired) electrons. The third-order valence-electron chi connectivity index (χ3n) is 4.29. The zero-order valence-corrected chi connectivity index (χ0v) is 18.8. The van der Waals surface area contributed by atoms with Crippen LogP contribution in [0.2, 0.25) is 0 Å². The van der Waals surface area contributed by atoms with Crippen LogP contribution in [-0.2, 0) is 0 Å². The van der Waals surface area contributed by atoms with Crippen LogP contribution >= 0.6 is 23.1 Å². The number of rotatable bonds is 5. The average Bonchev–Trinajstić information content (AvgIpc) is 3.45. The van der Waals surface area contributed by atoms with E-state index in [4.69, 9.17) is 0 Å². The van der Waals surface area contributed by atoms with Crippen molar-refractivity contribution >= 4 is 39.9 Å². The predicted molar refractivity (Wildman–Crippen MR) is 124 cm³/mol. The van der Waals surface area contributed by atoms with E-state index in [9.17, 15) is 14.0 Å². The Kier molecular flexibility index (Phi) is 6.33. The fourth-order valence-electron chi connectivity index (χ4n) is 2.75. The fraction of sp³-hybridized carbons (Fsp3) is 0.0909. The lowest BCUT2D eigenvalue weighted by molar-refractivity contribution is 0.101. The first kappa shape index (κ1) is 21.7. The zero-order valence-electron chi connectivity index (χ0n) is 17.2. The zero-order chi connectivity index (χ0) is 22.7. The molecule has 32 heavy (non-hydrogen) atoms. The van der Waals surface area contributed by atoms with Crippen molar-refractivity contribution in [1.29, 1.82) is 0 Å². The number of thiophene rings is 1. The van der Waals surface area contributed by atoms with Crippen LogP contribution in [0.3, 0.4) is 0 Å². The van der Waals surface area contributed by atoms with Crippen molar-refractivity contribution in [3.63, 3.8) is 0 Å². The number of aromatic nitrogens is 3. The highest BCUT2D eigenvalue weighted by Crippen LogP contribution is 2.26. The van der Waals surface area contributed by atoms with Crippen molar-refractivity contribution < 1.29 is 14.0 Å². The summed E-state index contributed by atoms with van der Waals surface area (Å²) in [4.78, 5) is 32.1. The van der Waals surface area contributed by atoms with Crippen molar-refractivity contribution in [1.82, 2.24) is 19.7 Å². The maximum atomic E-state index is 13.8. The Morgan fingerprint density at radius 2 is 1.88 bits per heavy atom. The Hall–Kier alpha value is -3.50. The molecule has 10 heteroatoms. The molecule has 1 N–H and O–H groups in total. The first-order valence-electron chi connectivity index (χ1n) is 9.48. The van der Waals surface area contributed by atoms with Crippen LogP contribution in [0.1, 0.15) is 10.6 Å². The van der Waals surface area contributed by atoms with Crippen LogP contribution in [0.4, 0.5) is 14.9 Å². The van der Waals surface area contributed by atoms with E-state index in [-0.39, 0.29) is 11.1 Å². The molecule has 2 amide bonds. The summed E-state index contributed by atoms with van der Waals surface area (Å²) in [7, 11) is 3.37. The minimum absolute atomic E-state index is 0.0427. The first-order valence-corrected chi connectivity index (χ1v) is 11.2. The highest BCUT2D eigenvalue weighted by Gasteiger charge is 2.20. The van der Waals surface area contributed by atoms with Gasteiger partial charge in [0.25, 0.3) is 11.1 Å². The normalized spacial score (nSPS) is 10.7. The van der Waals surface area contributed by atoms with Gasteiger partial charge < -0.3 is 10.2 Å². The van der Waals surface area contributed by atoms with Crippen LogP contribution in [0.15, 0.2) is 70.9 Å². The molecule has 0 saturated carbocycles. The van der Waals surface area contributed by atoms with E-state index >= 15 is 0 Å². The number of nitrogens with one attached hydrogen (secondary N) is 1. The number of hydrogen-bond donors (Lipinski definition) is 1. The Morgan fingerprint density at radius 3 is 2.53 bits per heavy atom. The van der Waals surface area contributed by atoms with E-state index in [1.165, 1.54) is 33.1 Å². The molecule has 162 valence electrons. The molecule has 0 bridgehead atoms. The third-order valence-corrected chi connectivity index (χ3v) is 6.20. The Balaban J connectivity index is 1.58. The lowest BCUT2D eigenvalue weighted by Crippen LogP contribution is -2.16.